The molecule has 0 heterocycles. The highest BCUT2D eigenvalue weighted by Crippen LogP contribution is 2.60. The van der Waals surface area contributed by atoms with E-state index in [9.17, 15) is 4.79 Å². The van der Waals surface area contributed by atoms with Crippen LogP contribution in [0.25, 0.3) is 5.57 Å². The lowest BCUT2D eigenvalue weighted by Crippen LogP contribution is -2.53. The lowest BCUT2D eigenvalue weighted by molar-refractivity contribution is -0.145. The zero-order valence-electron chi connectivity index (χ0n) is 15.1. The Morgan fingerprint density at radius 3 is 2.12 bits per heavy atom. The molecule has 2 nitrogen and oxygen atoms in total. The first-order valence-electron chi connectivity index (χ1n) is 10.3. The lowest BCUT2D eigenvalue weighted by atomic mass is 9.49. The maximum atomic E-state index is 13.4. The molecule has 0 unspecified atom stereocenters. The van der Waals surface area contributed by atoms with Crippen molar-refractivity contribution in [3.63, 3.8) is 0 Å². The molecule has 25 heavy (non-hydrogen) atoms. The Morgan fingerprint density at radius 1 is 0.880 bits per heavy atom. The summed E-state index contributed by atoms with van der Waals surface area (Å²) >= 11 is 0. The van der Waals surface area contributed by atoms with Crippen molar-refractivity contribution < 1.29 is 4.79 Å². The van der Waals surface area contributed by atoms with E-state index in [1.807, 2.05) is 0 Å². The largest absolute Gasteiger partial charge is 0.329 e. The maximum absolute atomic E-state index is 13.4. The number of carbonyl (C=O) groups is 1. The minimum atomic E-state index is -0.0407. The quantitative estimate of drug-likeness (QED) is 0.797. The van der Waals surface area contributed by atoms with Crippen LogP contribution in [-0.4, -0.2) is 5.91 Å². The van der Waals surface area contributed by atoms with Crippen molar-refractivity contribution in [1.29, 1.82) is 0 Å². The van der Waals surface area contributed by atoms with Crippen molar-refractivity contribution in [2.24, 2.45) is 23.2 Å². The molecule has 2 heteroatoms. The zero-order valence-corrected chi connectivity index (χ0v) is 15.1. The van der Waals surface area contributed by atoms with E-state index < -0.39 is 0 Å². The van der Waals surface area contributed by atoms with Gasteiger partial charge in [-0.15, -0.1) is 0 Å². The molecule has 0 atom stereocenters. The summed E-state index contributed by atoms with van der Waals surface area (Å²) in [6.45, 7) is 0. The summed E-state index contributed by atoms with van der Waals surface area (Å²) in [4.78, 5) is 13.4. The summed E-state index contributed by atoms with van der Waals surface area (Å²) in [5.74, 6) is 2.83. The molecule has 1 aromatic rings. The highest BCUT2D eigenvalue weighted by atomic mass is 16.2. The van der Waals surface area contributed by atoms with Crippen LogP contribution in [-0.2, 0) is 4.79 Å². The van der Waals surface area contributed by atoms with E-state index in [1.165, 1.54) is 48.9 Å². The third-order valence-corrected chi connectivity index (χ3v) is 7.37. The molecule has 1 amide bonds. The van der Waals surface area contributed by atoms with Gasteiger partial charge in [-0.05, 0) is 93.1 Å². The summed E-state index contributed by atoms with van der Waals surface area (Å²) in [6, 6.07) is 10.7. The van der Waals surface area contributed by atoms with Crippen LogP contribution >= 0.6 is 0 Å². The monoisotopic (exact) mass is 335 g/mol. The van der Waals surface area contributed by atoms with Crippen LogP contribution in [0.5, 0.6) is 0 Å². The summed E-state index contributed by atoms with van der Waals surface area (Å²) in [5.41, 5.74) is 3.85. The van der Waals surface area contributed by atoms with E-state index in [1.54, 1.807) is 0 Å². The van der Waals surface area contributed by atoms with Gasteiger partial charge in [0.1, 0.15) is 0 Å². The number of carbonyl (C=O) groups excluding carboxylic acids is 1. The van der Waals surface area contributed by atoms with Crippen LogP contribution in [0.15, 0.2) is 36.0 Å². The molecule has 0 radical (unpaired) electrons. The zero-order chi connectivity index (χ0) is 16.9. The molecule has 1 N–H and O–H groups in total. The number of hydrogen-bond donors (Lipinski definition) is 1. The highest BCUT2D eigenvalue weighted by molar-refractivity contribution is 5.87. The minimum absolute atomic E-state index is 0.0407. The first kappa shape index (κ1) is 15.7. The van der Waals surface area contributed by atoms with E-state index in [2.05, 4.69) is 35.6 Å². The molecule has 6 rings (SSSR count). The topological polar surface area (TPSA) is 29.1 Å². The third kappa shape index (κ3) is 2.74. The molecule has 0 saturated heterocycles. The van der Waals surface area contributed by atoms with Crippen LogP contribution in [0.2, 0.25) is 0 Å². The van der Waals surface area contributed by atoms with E-state index in [-0.39, 0.29) is 5.41 Å². The molecular weight excluding hydrogens is 306 g/mol. The molecule has 0 spiro atoms. The molecule has 132 valence electrons. The molecule has 4 fully saturated rings. The fourth-order valence-electron chi connectivity index (χ4n) is 6.66. The van der Waals surface area contributed by atoms with Gasteiger partial charge >= 0.3 is 0 Å². The Bertz CT molecular complexity index is 667. The van der Waals surface area contributed by atoms with E-state index in [0.29, 0.717) is 5.91 Å². The van der Waals surface area contributed by atoms with E-state index in [4.69, 9.17) is 0 Å². The maximum Gasteiger partial charge on any atom is 0.230 e. The van der Waals surface area contributed by atoms with Crippen molar-refractivity contribution in [2.45, 2.75) is 64.2 Å². The third-order valence-electron chi connectivity index (χ3n) is 7.37. The van der Waals surface area contributed by atoms with Crippen LogP contribution in [0.4, 0.5) is 0 Å². The number of amides is 1. The van der Waals surface area contributed by atoms with Crippen LogP contribution < -0.4 is 5.32 Å². The van der Waals surface area contributed by atoms with Crippen LogP contribution in [0.3, 0.4) is 0 Å². The molecule has 4 bridgehead atoms. The summed E-state index contributed by atoms with van der Waals surface area (Å²) in [5, 5.41) is 3.47. The first-order chi connectivity index (χ1) is 12.2. The van der Waals surface area contributed by atoms with Crippen LogP contribution in [0, 0.1) is 23.2 Å². The fourth-order valence-corrected chi connectivity index (χ4v) is 6.66. The highest BCUT2D eigenvalue weighted by Gasteiger charge is 2.54. The second-order valence-electron chi connectivity index (χ2n) is 9.18. The number of benzene rings is 1. The fraction of sp³-hybridized carbons (Fsp3) is 0.609. The van der Waals surface area contributed by atoms with Gasteiger partial charge in [0.2, 0.25) is 5.91 Å². The van der Waals surface area contributed by atoms with Gasteiger partial charge in [-0.2, -0.15) is 0 Å². The van der Waals surface area contributed by atoms with Crippen LogP contribution in [0.1, 0.15) is 69.8 Å². The summed E-state index contributed by atoms with van der Waals surface area (Å²) in [7, 11) is 0. The van der Waals surface area contributed by atoms with Gasteiger partial charge in [-0.3, -0.25) is 4.79 Å². The first-order valence-corrected chi connectivity index (χ1v) is 10.3. The minimum Gasteiger partial charge on any atom is -0.329 e. The lowest BCUT2D eigenvalue weighted by Gasteiger charge is -2.55. The Kier molecular flexibility index (Phi) is 3.76. The SMILES string of the molecule is O=C(NC1=C(c2ccccc2)CCCC1)C12CC3CC(CC(C3)C1)C2. The Hall–Kier alpha value is -1.57. The molecule has 0 aliphatic heterocycles. The standard InChI is InChI=1S/C23H29NO/c25-22(23-13-16-10-17(14-23)12-18(11-16)15-23)24-21-9-5-4-8-20(21)19-6-2-1-3-7-19/h1-3,6-7,16-18H,4-5,8-15H2,(H,24,25). The molecule has 4 saturated carbocycles. The van der Waals surface area contributed by atoms with E-state index >= 15 is 0 Å². The summed E-state index contributed by atoms with van der Waals surface area (Å²) < 4.78 is 0. The van der Waals surface area contributed by atoms with Gasteiger partial charge in [-0.25, -0.2) is 0 Å². The Morgan fingerprint density at radius 2 is 1.48 bits per heavy atom. The summed E-state index contributed by atoms with van der Waals surface area (Å²) in [6.07, 6.45) is 12.2. The average molecular weight is 335 g/mol. The molecule has 5 aliphatic carbocycles. The van der Waals surface area contributed by atoms with Gasteiger partial charge in [0.25, 0.3) is 0 Å². The second kappa shape index (κ2) is 6.00. The van der Waals surface area contributed by atoms with Gasteiger partial charge < -0.3 is 5.32 Å². The number of nitrogens with one attached hydrogen (secondary N) is 1. The predicted molar refractivity (Wildman–Crippen MR) is 101 cm³/mol. The van der Waals surface area contributed by atoms with E-state index in [0.717, 1.165) is 49.9 Å². The molecule has 0 aromatic heterocycles. The number of hydrogen-bond acceptors (Lipinski definition) is 1. The van der Waals surface area contributed by atoms with Crippen molar-refractivity contribution in [3.8, 4) is 0 Å². The predicted octanol–water partition coefficient (Wildman–Crippen LogP) is 5.30. The second-order valence-corrected chi connectivity index (χ2v) is 9.18. The van der Waals surface area contributed by atoms with Gasteiger partial charge in [0, 0.05) is 5.70 Å². The van der Waals surface area contributed by atoms with Gasteiger partial charge in [-0.1, -0.05) is 30.3 Å². The van der Waals surface area contributed by atoms with Gasteiger partial charge in [0.15, 0.2) is 0 Å². The number of rotatable bonds is 3. The average Bonchev–Trinajstić information content (AvgIpc) is 2.62. The smallest absolute Gasteiger partial charge is 0.230 e. The van der Waals surface area contributed by atoms with Crippen molar-refractivity contribution in [2.75, 3.05) is 0 Å². The molecule has 5 aliphatic rings. The normalized spacial score (nSPS) is 36.6. The van der Waals surface area contributed by atoms with Crippen molar-refractivity contribution >= 4 is 11.5 Å². The van der Waals surface area contributed by atoms with Crippen molar-refractivity contribution in [1.82, 2.24) is 5.32 Å². The Balaban J connectivity index is 1.42. The number of allylic oxidation sites excluding steroid dienone is 2. The van der Waals surface area contributed by atoms with Crippen molar-refractivity contribution in [3.05, 3.63) is 41.6 Å². The Labute approximate surface area is 151 Å². The van der Waals surface area contributed by atoms with Gasteiger partial charge in [0.05, 0.1) is 5.41 Å². The molecular formula is C23H29NO. The molecule has 1 aromatic carbocycles.